The Bertz CT molecular complexity index is 1190. The van der Waals surface area contributed by atoms with Crippen LogP contribution in [0.4, 0.5) is 11.8 Å². The molecule has 2 saturated carbocycles. The fraction of sp³-hybridized carbons (Fsp3) is 0.440. The summed E-state index contributed by atoms with van der Waals surface area (Å²) in [5, 5.41) is 8.06. The minimum Gasteiger partial charge on any atom is -0.367 e. The summed E-state index contributed by atoms with van der Waals surface area (Å²) in [5.41, 5.74) is 0.951. The molecule has 0 spiro atoms. The largest absolute Gasteiger partial charge is 0.367 e. The molecule has 0 saturated heterocycles. The van der Waals surface area contributed by atoms with Crippen molar-refractivity contribution in [3.8, 4) is 0 Å². The molecule has 2 fully saturated rings. The summed E-state index contributed by atoms with van der Waals surface area (Å²) in [5.74, 6) is 2.52. The highest BCUT2D eigenvalue weighted by Crippen LogP contribution is 2.31. The molecule has 2 aliphatic carbocycles. The number of para-hydroxylation sites is 1. The Morgan fingerprint density at radius 2 is 1.45 bits per heavy atom. The van der Waals surface area contributed by atoms with Crippen LogP contribution in [0.2, 0.25) is 0 Å². The van der Waals surface area contributed by atoms with Gasteiger partial charge in [0.2, 0.25) is 16.0 Å². The van der Waals surface area contributed by atoms with Crippen molar-refractivity contribution < 1.29 is 8.42 Å². The Hall–Kier alpha value is -2.71. The number of anilines is 2. The van der Waals surface area contributed by atoms with E-state index in [0.29, 0.717) is 35.3 Å². The first-order valence-electron chi connectivity index (χ1n) is 11.9. The van der Waals surface area contributed by atoms with E-state index in [1.807, 2.05) is 24.3 Å². The number of nitrogens with zero attached hydrogens (tertiary/aromatic N) is 2. The van der Waals surface area contributed by atoms with Crippen molar-refractivity contribution in [2.75, 3.05) is 23.7 Å². The summed E-state index contributed by atoms with van der Waals surface area (Å²) in [6.45, 7) is 1.34. The molecule has 33 heavy (non-hydrogen) atoms. The zero-order valence-electron chi connectivity index (χ0n) is 18.7. The smallest absolute Gasteiger partial charge is 0.240 e. The molecule has 1 heterocycles. The average molecular weight is 466 g/mol. The third-order valence-corrected chi connectivity index (χ3v) is 8.09. The lowest BCUT2D eigenvalue weighted by atomic mass is 9.82. The van der Waals surface area contributed by atoms with Crippen molar-refractivity contribution in [2.45, 2.75) is 49.5 Å². The van der Waals surface area contributed by atoms with Gasteiger partial charge >= 0.3 is 0 Å². The van der Waals surface area contributed by atoms with Gasteiger partial charge in [-0.2, -0.15) is 4.98 Å². The van der Waals surface area contributed by atoms with E-state index in [1.165, 1.54) is 12.8 Å². The molecule has 0 bridgehead atoms. The summed E-state index contributed by atoms with van der Waals surface area (Å²) in [6, 6.07) is 17.2. The Morgan fingerprint density at radius 1 is 0.788 bits per heavy atom. The summed E-state index contributed by atoms with van der Waals surface area (Å²) in [7, 11) is -3.43. The summed E-state index contributed by atoms with van der Waals surface area (Å²) < 4.78 is 27.7. The van der Waals surface area contributed by atoms with Gasteiger partial charge in [-0.3, -0.25) is 0 Å². The minimum atomic E-state index is -3.43. The van der Waals surface area contributed by atoms with Crippen LogP contribution in [0.15, 0.2) is 59.5 Å². The topological polar surface area (TPSA) is 96.0 Å². The first kappa shape index (κ1) is 22.1. The van der Waals surface area contributed by atoms with Crippen molar-refractivity contribution in [3.63, 3.8) is 0 Å². The first-order valence-corrected chi connectivity index (χ1v) is 13.4. The summed E-state index contributed by atoms with van der Waals surface area (Å²) >= 11 is 0. The maximum atomic E-state index is 12.4. The number of sulfonamides is 1. The predicted molar refractivity (Wildman–Crippen MR) is 132 cm³/mol. The summed E-state index contributed by atoms with van der Waals surface area (Å²) in [6.07, 6.45) is 6.60. The van der Waals surface area contributed by atoms with Crippen molar-refractivity contribution in [1.82, 2.24) is 14.7 Å². The van der Waals surface area contributed by atoms with Gasteiger partial charge in [0.05, 0.1) is 10.4 Å². The SMILES string of the molecule is O=S(=O)(NCC1CCC(CNc2nc(NC3CC3)c3ccccc3n2)CC1)c1ccccc1. The molecule has 5 rings (SSSR count). The van der Waals surface area contributed by atoms with E-state index in [2.05, 4.69) is 21.4 Å². The van der Waals surface area contributed by atoms with Gasteiger partial charge in [0.15, 0.2) is 0 Å². The molecule has 2 aliphatic rings. The number of nitrogens with one attached hydrogen (secondary N) is 3. The molecule has 0 amide bonds. The van der Waals surface area contributed by atoms with Crippen LogP contribution >= 0.6 is 0 Å². The lowest BCUT2D eigenvalue weighted by Crippen LogP contribution is -2.32. The highest BCUT2D eigenvalue weighted by molar-refractivity contribution is 7.89. The quantitative estimate of drug-likeness (QED) is 0.433. The van der Waals surface area contributed by atoms with Gasteiger partial charge in [-0.15, -0.1) is 0 Å². The lowest BCUT2D eigenvalue weighted by Gasteiger charge is -2.28. The predicted octanol–water partition coefficient (Wildman–Crippen LogP) is 4.40. The van der Waals surface area contributed by atoms with Crippen LogP contribution in [0, 0.1) is 11.8 Å². The number of aromatic nitrogens is 2. The average Bonchev–Trinajstić information content (AvgIpc) is 3.67. The fourth-order valence-corrected chi connectivity index (χ4v) is 5.61. The van der Waals surface area contributed by atoms with E-state index < -0.39 is 10.0 Å². The summed E-state index contributed by atoms with van der Waals surface area (Å²) in [4.78, 5) is 9.79. The van der Waals surface area contributed by atoms with E-state index in [-0.39, 0.29) is 0 Å². The fourth-order valence-electron chi connectivity index (χ4n) is 4.47. The lowest BCUT2D eigenvalue weighted by molar-refractivity contribution is 0.284. The zero-order chi connectivity index (χ0) is 22.7. The Labute approximate surface area is 195 Å². The molecule has 0 radical (unpaired) electrons. The number of hydrogen-bond acceptors (Lipinski definition) is 6. The van der Waals surface area contributed by atoms with Crippen LogP contribution < -0.4 is 15.4 Å². The normalized spacial score (nSPS) is 21.1. The molecule has 0 unspecified atom stereocenters. The maximum Gasteiger partial charge on any atom is 0.240 e. The highest BCUT2D eigenvalue weighted by Gasteiger charge is 2.25. The van der Waals surface area contributed by atoms with E-state index >= 15 is 0 Å². The van der Waals surface area contributed by atoms with Crippen LogP contribution in [-0.4, -0.2) is 37.5 Å². The molecule has 174 valence electrons. The molecule has 2 aromatic carbocycles. The Kier molecular flexibility index (Phi) is 6.46. The Morgan fingerprint density at radius 3 is 2.18 bits per heavy atom. The van der Waals surface area contributed by atoms with Crippen molar-refractivity contribution in [3.05, 3.63) is 54.6 Å². The molecule has 8 heteroatoms. The van der Waals surface area contributed by atoms with E-state index in [4.69, 9.17) is 9.97 Å². The minimum absolute atomic E-state index is 0.328. The third-order valence-electron chi connectivity index (χ3n) is 6.65. The molecule has 1 aromatic heterocycles. The Balaban J connectivity index is 1.13. The molecule has 7 nitrogen and oxygen atoms in total. The molecular formula is C25H31N5O2S. The van der Waals surface area contributed by atoms with Gasteiger partial charge in [0.1, 0.15) is 5.82 Å². The first-order chi connectivity index (χ1) is 16.1. The second kappa shape index (κ2) is 9.65. The van der Waals surface area contributed by atoms with E-state index in [1.54, 1.807) is 24.3 Å². The van der Waals surface area contributed by atoms with Crippen molar-refractivity contribution >= 4 is 32.7 Å². The molecule has 3 aromatic rings. The number of fused-ring (bicyclic) bond motifs is 1. The van der Waals surface area contributed by atoms with E-state index in [0.717, 1.165) is 48.9 Å². The molecular weight excluding hydrogens is 434 g/mol. The standard InChI is InChI=1S/C25H31N5O2S/c31-33(32,21-6-2-1-3-7-21)27-17-19-12-10-18(11-13-19)16-26-25-29-23-9-5-4-8-22(23)24(30-25)28-20-14-15-20/h1-9,18-20,27H,10-17H2,(H2,26,28,29,30). The third kappa shape index (κ3) is 5.62. The highest BCUT2D eigenvalue weighted by atomic mass is 32.2. The van der Waals surface area contributed by atoms with Crippen LogP contribution in [0.25, 0.3) is 10.9 Å². The van der Waals surface area contributed by atoms with Crippen LogP contribution in [0.1, 0.15) is 38.5 Å². The zero-order valence-corrected chi connectivity index (χ0v) is 19.5. The van der Waals surface area contributed by atoms with Gasteiger partial charge in [0.25, 0.3) is 0 Å². The van der Waals surface area contributed by atoms with Crippen LogP contribution in [-0.2, 0) is 10.0 Å². The number of hydrogen-bond donors (Lipinski definition) is 3. The van der Waals surface area contributed by atoms with Crippen LogP contribution in [0.3, 0.4) is 0 Å². The van der Waals surface area contributed by atoms with Gasteiger partial charge in [-0.25, -0.2) is 18.1 Å². The van der Waals surface area contributed by atoms with Crippen LogP contribution in [0.5, 0.6) is 0 Å². The molecule has 0 atom stereocenters. The second-order valence-electron chi connectivity index (χ2n) is 9.26. The van der Waals surface area contributed by atoms with Gasteiger partial charge in [-0.1, -0.05) is 30.3 Å². The number of benzene rings is 2. The van der Waals surface area contributed by atoms with Crippen molar-refractivity contribution in [1.29, 1.82) is 0 Å². The maximum absolute atomic E-state index is 12.4. The molecule has 3 N–H and O–H groups in total. The monoisotopic (exact) mass is 465 g/mol. The second-order valence-corrected chi connectivity index (χ2v) is 11.0. The van der Waals surface area contributed by atoms with Gasteiger partial charge < -0.3 is 10.6 Å². The van der Waals surface area contributed by atoms with Gasteiger partial charge in [-0.05, 0) is 74.6 Å². The number of rotatable bonds is 9. The molecule has 0 aliphatic heterocycles. The van der Waals surface area contributed by atoms with Gasteiger partial charge in [0, 0.05) is 24.5 Å². The van der Waals surface area contributed by atoms with Crippen molar-refractivity contribution in [2.24, 2.45) is 11.8 Å². The van der Waals surface area contributed by atoms with E-state index in [9.17, 15) is 8.42 Å².